The van der Waals surface area contributed by atoms with Crippen LogP contribution in [-0.2, 0) is 32.1 Å². The van der Waals surface area contributed by atoms with Crippen molar-refractivity contribution in [2.45, 2.75) is 57.8 Å². The van der Waals surface area contributed by atoms with E-state index in [1.807, 2.05) is 27.7 Å². The lowest BCUT2D eigenvalue weighted by Crippen LogP contribution is -2.38. The van der Waals surface area contributed by atoms with E-state index in [1.54, 1.807) is 17.8 Å². The number of aryl methyl sites for hydroxylation is 1. The third kappa shape index (κ3) is 6.64. The maximum absolute atomic E-state index is 13.2. The van der Waals surface area contributed by atoms with E-state index in [1.165, 1.54) is 35.5 Å². The first-order valence-corrected chi connectivity index (χ1v) is 12.0. The molecule has 0 saturated carbocycles. The van der Waals surface area contributed by atoms with Gasteiger partial charge in [0.25, 0.3) is 0 Å². The molecule has 9 nitrogen and oxygen atoms in total. The number of nitrogens with one attached hydrogen (secondary N) is 2. The maximum atomic E-state index is 13.2. The zero-order valence-corrected chi connectivity index (χ0v) is 20.4. The number of sulfonamides is 1. The van der Waals surface area contributed by atoms with E-state index in [0.717, 1.165) is 12.1 Å². The predicted octanol–water partition coefficient (Wildman–Crippen LogP) is 3.11. The van der Waals surface area contributed by atoms with Gasteiger partial charge in [0.1, 0.15) is 5.82 Å². The lowest BCUT2D eigenvalue weighted by molar-refractivity contribution is -0.116. The van der Waals surface area contributed by atoms with Crippen molar-refractivity contribution in [3.8, 4) is 0 Å². The third-order valence-corrected chi connectivity index (χ3v) is 6.67. The van der Waals surface area contributed by atoms with E-state index in [0.29, 0.717) is 17.9 Å². The number of unbranched alkanes of at least 4 members (excludes halogenated alkanes) is 1. The highest BCUT2D eigenvalue weighted by Crippen LogP contribution is 2.24. The minimum absolute atomic E-state index is 0.0612. The minimum atomic E-state index is -3.90. The number of hydrogen-bond acceptors (Lipinski definition) is 5. The van der Waals surface area contributed by atoms with Gasteiger partial charge in [-0.2, -0.15) is 9.40 Å². The molecule has 2 N–H and O–H groups in total. The second-order valence-electron chi connectivity index (χ2n) is 8.73. The van der Waals surface area contributed by atoms with E-state index < -0.39 is 15.9 Å². The van der Waals surface area contributed by atoms with Crippen LogP contribution < -0.4 is 10.6 Å². The number of amides is 2. The fraction of sp³-hybridized carbons (Fsp3) is 0.500. The Kier molecular flexibility index (Phi) is 8.19. The van der Waals surface area contributed by atoms with Crippen molar-refractivity contribution in [2.24, 2.45) is 7.05 Å². The first kappa shape index (κ1) is 25.5. The van der Waals surface area contributed by atoms with Crippen molar-refractivity contribution >= 4 is 33.3 Å². The Morgan fingerprint density at radius 2 is 1.75 bits per heavy atom. The first-order valence-electron chi connectivity index (χ1n) is 10.6. The zero-order valence-electron chi connectivity index (χ0n) is 19.6. The van der Waals surface area contributed by atoms with Gasteiger partial charge in [-0.1, -0.05) is 34.1 Å². The Hall–Kier alpha value is -2.72. The van der Waals surface area contributed by atoms with Crippen molar-refractivity contribution in [1.29, 1.82) is 0 Å². The smallest absolute Gasteiger partial charge is 0.243 e. The first-order chi connectivity index (χ1) is 14.8. The molecule has 0 unspecified atom stereocenters. The van der Waals surface area contributed by atoms with Crippen LogP contribution in [0, 0.1) is 0 Å². The topological polar surface area (TPSA) is 113 Å². The summed E-state index contributed by atoms with van der Waals surface area (Å²) < 4.78 is 29.2. The lowest BCUT2D eigenvalue weighted by Gasteiger charge is -2.22. The van der Waals surface area contributed by atoms with E-state index in [9.17, 15) is 18.0 Å². The molecule has 0 radical (unpaired) electrons. The number of carbonyl (C=O) groups excluding carboxylic acids is 2. The molecule has 0 aliphatic carbocycles. The van der Waals surface area contributed by atoms with Gasteiger partial charge in [-0.25, -0.2) is 8.42 Å². The number of hydrogen-bond donors (Lipinski definition) is 2. The maximum Gasteiger partial charge on any atom is 0.243 e. The largest absolute Gasteiger partial charge is 0.326 e. The summed E-state index contributed by atoms with van der Waals surface area (Å²) >= 11 is 0. The summed E-state index contributed by atoms with van der Waals surface area (Å²) in [6.45, 7) is 9.31. The molecular formula is C22H33N5O4S. The Morgan fingerprint density at radius 1 is 1.12 bits per heavy atom. The van der Waals surface area contributed by atoms with Gasteiger partial charge in [0, 0.05) is 37.7 Å². The summed E-state index contributed by atoms with van der Waals surface area (Å²) in [6.07, 6.45) is 1.40. The van der Waals surface area contributed by atoms with Crippen LogP contribution in [0.4, 0.5) is 11.5 Å². The van der Waals surface area contributed by atoms with Crippen LogP contribution in [0.5, 0.6) is 0 Å². The molecular weight excluding hydrogens is 430 g/mol. The number of benzene rings is 1. The molecule has 0 atom stereocenters. The van der Waals surface area contributed by atoms with Crippen molar-refractivity contribution in [2.75, 3.05) is 23.7 Å². The van der Waals surface area contributed by atoms with Crippen LogP contribution in [-0.4, -0.2) is 47.4 Å². The molecule has 0 fully saturated rings. The molecule has 0 bridgehead atoms. The summed E-state index contributed by atoms with van der Waals surface area (Å²) in [5.41, 5.74) is 1.14. The standard InChI is InChI=1S/C22H33N5O4S/c1-7-8-13-27(32(30,31)18-11-9-17(10-12-18)23-16(2)28)15-21(29)24-20-14-19(22(3,4)5)25-26(20)6/h9-12,14H,7-8,13,15H2,1-6H3,(H,23,28)(H,24,29). The molecule has 0 aliphatic rings. The Labute approximate surface area is 190 Å². The lowest BCUT2D eigenvalue weighted by atomic mass is 9.92. The second-order valence-corrected chi connectivity index (χ2v) is 10.7. The highest BCUT2D eigenvalue weighted by atomic mass is 32.2. The van der Waals surface area contributed by atoms with Crippen molar-refractivity contribution in [3.05, 3.63) is 36.0 Å². The molecule has 1 aromatic carbocycles. The van der Waals surface area contributed by atoms with Gasteiger partial charge in [-0.05, 0) is 30.7 Å². The van der Waals surface area contributed by atoms with Gasteiger partial charge < -0.3 is 10.6 Å². The van der Waals surface area contributed by atoms with E-state index in [2.05, 4.69) is 15.7 Å². The van der Waals surface area contributed by atoms with Crippen LogP contribution in [0.2, 0.25) is 0 Å². The van der Waals surface area contributed by atoms with E-state index in [-0.39, 0.29) is 29.3 Å². The summed E-state index contributed by atoms with van der Waals surface area (Å²) in [6, 6.07) is 7.69. The van der Waals surface area contributed by atoms with Crippen molar-refractivity contribution in [3.63, 3.8) is 0 Å². The summed E-state index contributed by atoms with van der Waals surface area (Å²) in [5.74, 6) is -0.179. The molecule has 2 aromatic rings. The summed E-state index contributed by atoms with van der Waals surface area (Å²) in [5, 5.41) is 9.81. The van der Waals surface area contributed by atoms with Crippen LogP contribution in [0.1, 0.15) is 53.2 Å². The van der Waals surface area contributed by atoms with Crippen molar-refractivity contribution in [1.82, 2.24) is 14.1 Å². The Balaban J connectivity index is 2.21. The van der Waals surface area contributed by atoms with Crippen LogP contribution >= 0.6 is 0 Å². The fourth-order valence-corrected chi connectivity index (χ4v) is 4.41. The Morgan fingerprint density at radius 3 is 2.25 bits per heavy atom. The normalized spacial score (nSPS) is 12.1. The zero-order chi connectivity index (χ0) is 24.1. The molecule has 2 amide bonds. The van der Waals surface area contributed by atoms with Crippen LogP contribution in [0.3, 0.4) is 0 Å². The summed E-state index contributed by atoms with van der Waals surface area (Å²) in [4.78, 5) is 24.0. The van der Waals surface area contributed by atoms with E-state index >= 15 is 0 Å². The van der Waals surface area contributed by atoms with Crippen LogP contribution in [0.15, 0.2) is 35.2 Å². The monoisotopic (exact) mass is 463 g/mol. The minimum Gasteiger partial charge on any atom is -0.326 e. The van der Waals surface area contributed by atoms with Gasteiger partial charge in [0.15, 0.2) is 0 Å². The van der Waals surface area contributed by atoms with Gasteiger partial charge in [-0.3, -0.25) is 14.3 Å². The molecule has 32 heavy (non-hydrogen) atoms. The molecule has 176 valence electrons. The highest BCUT2D eigenvalue weighted by Gasteiger charge is 2.27. The molecule has 1 aromatic heterocycles. The number of aromatic nitrogens is 2. The van der Waals surface area contributed by atoms with Gasteiger partial charge in [0.05, 0.1) is 17.1 Å². The average Bonchev–Trinajstić information content (AvgIpc) is 3.05. The van der Waals surface area contributed by atoms with Gasteiger partial charge in [0.2, 0.25) is 21.8 Å². The highest BCUT2D eigenvalue weighted by molar-refractivity contribution is 7.89. The molecule has 2 rings (SSSR count). The quantitative estimate of drug-likeness (QED) is 0.593. The fourth-order valence-electron chi connectivity index (χ4n) is 2.97. The molecule has 10 heteroatoms. The number of nitrogens with zero attached hydrogens (tertiary/aromatic N) is 3. The molecule has 0 saturated heterocycles. The third-order valence-electron chi connectivity index (χ3n) is 4.81. The van der Waals surface area contributed by atoms with E-state index in [4.69, 9.17) is 0 Å². The average molecular weight is 464 g/mol. The molecule has 0 spiro atoms. The van der Waals surface area contributed by atoms with Crippen LogP contribution in [0.25, 0.3) is 0 Å². The molecule has 0 aliphatic heterocycles. The van der Waals surface area contributed by atoms with Gasteiger partial charge >= 0.3 is 0 Å². The SMILES string of the molecule is CCCCN(CC(=O)Nc1cc(C(C)(C)C)nn1C)S(=O)(=O)c1ccc(NC(C)=O)cc1. The molecule has 1 heterocycles. The number of rotatable bonds is 9. The predicted molar refractivity (Wildman–Crippen MR) is 125 cm³/mol. The second kappa shape index (κ2) is 10.3. The number of carbonyl (C=O) groups is 2. The number of anilines is 2. The van der Waals surface area contributed by atoms with Crippen molar-refractivity contribution < 1.29 is 18.0 Å². The summed E-state index contributed by atoms with van der Waals surface area (Å²) in [7, 11) is -2.17. The Bertz CT molecular complexity index is 1050. The van der Waals surface area contributed by atoms with Gasteiger partial charge in [-0.15, -0.1) is 0 Å².